The molecule has 0 saturated carbocycles. The molecule has 2 rings (SSSR count). The van der Waals surface area contributed by atoms with E-state index in [-0.39, 0.29) is 17.3 Å². The second kappa shape index (κ2) is 6.76. The Labute approximate surface area is 124 Å². The number of alkyl halides is 1. The molecule has 0 radical (unpaired) electrons. The molecule has 0 aliphatic rings. The molecule has 2 aromatic rings. The van der Waals surface area contributed by atoms with E-state index < -0.39 is 0 Å². The molecule has 0 aliphatic heterocycles. The highest BCUT2D eigenvalue weighted by Crippen LogP contribution is 2.27. The third-order valence-electron chi connectivity index (χ3n) is 2.92. The first-order valence-electron chi connectivity index (χ1n) is 6.69. The zero-order chi connectivity index (χ0) is 14.5. The van der Waals surface area contributed by atoms with Gasteiger partial charge < -0.3 is 4.74 Å². The molecule has 0 saturated heterocycles. The van der Waals surface area contributed by atoms with E-state index >= 15 is 0 Å². The van der Waals surface area contributed by atoms with Gasteiger partial charge >= 0.3 is 0 Å². The molecule has 0 bridgehead atoms. The third-order valence-corrected chi connectivity index (χ3v) is 3.32. The lowest BCUT2D eigenvalue weighted by Crippen LogP contribution is -2.05. The molecule has 0 aromatic heterocycles. The first-order valence-corrected chi connectivity index (χ1v) is 7.13. The van der Waals surface area contributed by atoms with Crippen molar-refractivity contribution in [2.45, 2.75) is 31.7 Å². The Morgan fingerprint density at radius 3 is 2.40 bits per heavy atom. The number of rotatable bonds is 5. The van der Waals surface area contributed by atoms with E-state index in [0.717, 1.165) is 16.9 Å². The van der Waals surface area contributed by atoms with Gasteiger partial charge in [0, 0.05) is 0 Å². The van der Waals surface area contributed by atoms with Crippen LogP contribution in [0.1, 0.15) is 30.4 Å². The molecular weight excluding hydrogens is 275 g/mol. The summed E-state index contributed by atoms with van der Waals surface area (Å²) in [5, 5.41) is -0.176. The van der Waals surface area contributed by atoms with Crippen molar-refractivity contribution >= 4 is 11.6 Å². The van der Waals surface area contributed by atoms with Gasteiger partial charge in [0.25, 0.3) is 0 Å². The minimum absolute atomic E-state index is 0.153. The Morgan fingerprint density at radius 1 is 1.10 bits per heavy atom. The summed E-state index contributed by atoms with van der Waals surface area (Å²) in [6.45, 7) is 3.98. The van der Waals surface area contributed by atoms with E-state index in [2.05, 4.69) is 0 Å². The molecule has 0 fully saturated rings. The zero-order valence-electron chi connectivity index (χ0n) is 11.6. The Kier molecular flexibility index (Phi) is 5.02. The zero-order valence-corrected chi connectivity index (χ0v) is 12.4. The lowest BCUT2D eigenvalue weighted by molar-refractivity contribution is 0.242. The molecule has 0 N–H and O–H groups in total. The highest BCUT2D eigenvalue weighted by molar-refractivity contribution is 6.20. The van der Waals surface area contributed by atoms with Gasteiger partial charge in [0.15, 0.2) is 0 Å². The van der Waals surface area contributed by atoms with Gasteiger partial charge in [-0.05, 0) is 55.7 Å². The van der Waals surface area contributed by atoms with Crippen LogP contribution in [0.15, 0.2) is 48.5 Å². The Morgan fingerprint density at radius 2 is 1.80 bits per heavy atom. The van der Waals surface area contributed by atoms with Crippen molar-refractivity contribution in [2.75, 3.05) is 0 Å². The fourth-order valence-corrected chi connectivity index (χ4v) is 2.34. The number of hydrogen-bond donors (Lipinski definition) is 0. The highest BCUT2D eigenvalue weighted by atomic mass is 35.5. The molecule has 20 heavy (non-hydrogen) atoms. The largest absolute Gasteiger partial charge is 0.491 e. The molecule has 0 amide bonds. The van der Waals surface area contributed by atoms with Crippen LogP contribution in [0.2, 0.25) is 0 Å². The Hall–Kier alpha value is -1.54. The molecular formula is C17H18ClFO. The molecule has 3 heteroatoms. The Balaban J connectivity index is 2.03. The number of hydrogen-bond acceptors (Lipinski definition) is 1. The summed E-state index contributed by atoms with van der Waals surface area (Å²) in [5.41, 5.74) is 1.90. The van der Waals surface area contributed by atoms with Gasteiger partial charge in [-0.2, -0.15) is 0 Å². The van der Waals surface area contributed by atoms with Gasteiger partial charge in [-0.25, -0.2) is 4.39 Å². The van der Waals surface area contributed by atoms with E-state index in [9.17, 15) is 4.39 Å². The van der Waals surface area contributed by atoms with Gasteiger partial charge in [0.05, 0.1) is 11.5 Å². The van der Waals surface area contributed by atoms with Gasteiger partial charge in [-0.3, -0.25) is 0 Å². The van der Waals surface area contributed by atoms with Crippen LogP contribution in [-0.2, 0) is 6.42 Å². The standard InChI is InChI=1S/C17H18ClFO/c1-12(2)20-16-8-6-14(7-9-16)17(18)11-13-4-3-5-15(19)10-13/h3-10,12,17H,11H2,1-2H3. The molecule has 106 valence electrons. The van der Waals surface area contributed by atoms with E-state index in [1.54, 1.807) is 6.07 Å². The van der Waals surface area contributed by atoms with Crippen molar-refractivity contribution in [1.29, 1.82) is 0 Å². The SMILES string of the molecule is CC(C)Oc1ccc(C(Cl)Cc2cccc(F)c2)cc1. The minimum Gasteiger partial charge on any atom is -0.491 e. The number of ether oxygens (including phenoxy) is 1. The van der Waals surface area contributed by atoms with Crippen LogP contribution in [0.4, 0.5) is 4.39 Å². The van der Waals surface area contributed by atoms with Crippen molar-refractivity contribution in [3.8, 4) is 5.75 Å². The summed E-state index contributed by atoms with van der Waals surface area (Å²) in [6.07, 6.45) is 0.754. The molecule has 2 aromatic carbocycles. The fraction of sp³-hybridized carbons (Fsp3) is 0.294. The topological polar surface area (TPSA) is 9.23 Å². The second-order valence-electron chi connectivity index (χ2n) is 5.04. The summed E-state index contributed by atoms with van der Waals surface area (Å²) in [7, 11) is 0. The summed E-state index contributed by atoms with van der Waals surface area (Å²) in [6, 6.07) is 14.3. The highest BCUT2D eigenvalue weighted by Gasteiger charge is 2.10. The summed E-state index contributed by atoms with van der Waals surface area (Å²) in [4.78, 5) is 0. The predicted octanol–water partition coefficient (Wildman–Crippen LogP) is 5.14. The van der Waals surface area contributed by atoms with Crippen molar-refractivity contribution in [1.82, 2.24) is 0 Å². The van der Waals surface area contributed by atoms with Gasteiger partial charge in [0.1, 0.15) is 11.6 Å². The van der Waals surface area contributed by atoms with Crippen molar-refractivity contribution in [3.05, 3.63) is 65.5 Å². The molecule has 1 unspecified atom stereocenters. The van der Waals surface area contributed by atoms with Crippen molar-refractivity contribution in [3.63, 3.8) is 0 Å². The van der Waals surface area contributed by atoms with Gasteiger partial charge in [0.2, 0.25) is 0 Å². The maximum Gasteiger partial charge on any atom is 0.123 e. The Bertz CT molecular complexity index is 551. The quantitative estimate of drug-likeness (QED) is 0.694. The third kappa shape index (κ3) is 4.24. The predicted molar refractivity (Wildman–Crippen MR) is 80.9 cm³/mol. The fourth-order valence-electron chi connectivity index (χ4n) is 2.02. The normalized spacial score (nSPS) is 12.4. The number of halogens is 2. The lowest BCUT2D eigenvalue weighted by Gasteiger charge is -2.13. The van der Waals surface area contributed by atoms with Crippen LogP contribution < -0.4 is 4.74 Å². The smallest absolute Gasteiger partial charge is 0.123 e. The molecule has 0 heterocycles. The lowest BCUT2D eigenvalue weighted by atomic mass is 10.0. The summed E-state index contributed by atoms with van der Waals surface area (Å²) < 4.78 is 18.7. The average Bonchev–Trinajstić information content (AvgIpc) is 2.38. The average molecular weight is 293 g/mol. The molecule has 0 aliphatic carbocycles. The maximum absolute atomic E-state index is 13.1. The summed E-state index contributed by atoms with van der Waals surface area (Å²) >= 11 is 6.39. The number of benzene rings is 2. The van der Waals surface area contributed by atoms with Gasteiger partial charge in [-0.15, -0.1) is 11.6 Å². The van der Waals surface area contributed by atoms with Crippen LogP contribution in [-0.4, -0.2) is 6.10 Å². The van der Waals surface area contributed by atoms with E-state index in [0.29, 0.717) is 6.42 Å². The second-order valence-corrected chi connectivity index (χ2v) is 5.56. The van der Waals surface area contributed by atoms with E-state index in [4.69, 9.17) is 16.3 Å². The van der Waals surface area contributed by atoms with Crippen molar-refractivity contribution in [2.24, 2.45) is 0 Å². The van der Waals surface area contributed by atoms with E-state index in [1.165, 1.54) is 12.1 Å². The van der Waals surface area contributed by atoms with Crippen molar-refractivity contribution < 1.29 is 9.13 Å². The molecule has 1 atom stereocenters. The maximum atomic E-state index is 13.1. The van der Waals surface area contributed by atoms with Crippen LogP contribution in [0.5, 0.6) is 5.75 Å². The molecule has 0 spiro atoms. The van der Waals surface area contributed by atoms with Crippen LogP contribution >= 0.6 is 11.6 Å². The van der Waals surface area contributed by atoms with E-state index in [1.807, 2.05) is 44.2 Å². The van der Waals surface area contributed by atoms with Gasteiger partial charge in [-0.1, -0.05) is 24.3 Å². The minimum atomic E-state index is -0.230. The van der Waals surface area contributed by atoms with Crippen LogP contribution in [0.25, 0.3) is 0 Å². The van der Waals surface area contributed by atoms with Crippen LogP contribution in [0, 0.1) is 5.82 Å². The first-order chi connectivity index (χ1) is 9.54. The summed E-state index contributed by atoms with van der Waals surface area (Å²) in [5.74, 6) is 0.602. The monoisotopic (exact) mass is 292 g/mol. The van der Waals surface area contributed by atoms with Crippen LogP contribution in [0.3, 0.4) is 0 Å². The first kappa shape index (κ1) is 14.9. The molecule has 1 nitrogen and oxygen atoms in total.